The lowest BCUT2D eigenvalue weighted by molar-refractivity contribution is 0.319. The van der Waals surface area contributed by atoms with E-state index in [1.165, 1.54) is 12.1 Å². The molecule has 0 bridgehead atoms. The number of hydrogen-bond acceptors (Lipinski definition) is 3. The van der Waals surface area contributed by atoms with Crippen molar-refractivity contribution in [2.45, 2.75) is 0 Å². The normalized spacial score (nSPS) is 11.5. The summed E-state index contributed by atoms with van der Waals surface area (Å²) >= 11 is 5.78. The van der Waals surface area contributed by atoms with Crippen molar-refractivity contribution in [2.24, 2.45) is 5.16 Å². The van der Waals surface area contributed by atoms with Crippen LogP contribution in [-0.4, -0.2) is 16.0 Å². The number of phenolic OH excluding ortho intramolecular Hbond substituents is 1. The summed E-state index contributed by atoms with van der Waals surface area (Å²) in [5.41, 5.74) is 1.69. The maximum absolute atomic E-state index is 9.17. The molecule has 2 rings (SSSR count). The lowest BCUT2D eigenvalue weighted by Gasteiger charge is -2.12. The van der Waals surface area contributed by atoms with Gasteiger partial charge in [0.2, 0.25) is 0 Å². The van der Waals surface area contributed by atoms with Crippen LogP contribution in [0.5, 0.6) is 5.75 Å². The number of rotatable bonds is 2. The largest absolute Gasteiger partial charge is 0.551 e. The Kier molecular flexibility index (Phi) is 3.30. The van der Waals surface area contributed by atoms with E-state index in [-0.39, 0.29) is 5.75 Å². The molecule has 0 saturated carbocycles. The minimum Gasteiger partial charge on any atom is -0.551 e. The molecule has 0 saturated heterocycles. The van der Waals surface area contributed by atoms with E-state index >= 15 is 0 Å². The zero-order chi connectivity index (χ0) is 12.3. The van der Waals surface area contributed by atoms with Gasteiger partial charge in [-0.1, -0.05) is 23.7 Å². The Bertz CT molecular complexity index is 485. The molecular formula is C13H9ClNO2-. The molecule has 3 nitrogen and oxygen atoms in total. The van der Waals surface area contributed by atoms with Gasteiger partial charge in [0, 0.05) is 16.5 Å². The van der Waals surface area contributed by atoms with Gasteiger partial charge in [-0.25, -0.2) is 0 Å². The Morgan fingerprint density at radius 2 is 1.82 bits per heavy atom. The molecule has 0 heterocycles. The molecular weight excluding hydrogens is 238 g/mol. The van der Waals surface area contributed by atoms with Crippen LogP contribution in [0, 0.1) is 6.07 Å². The number of aromatic hydroxyl groups is 1. The van der Waals surface area contributed by atoms with Crippen molar-refractivity contribution >= 4 is 17.3 Å². The molecule has 0 radical (unpaired) electrons. The van der Waals surface area contributed by atoms with Crippen molar-refractivity contribution in [3.8, 4) is 5.75 Å². The topological polar surface area (TPSA) is 52.8 Å². The number of oxime groups is 1. The Morgan fingerprint density at radius 1 is 1.12 bits per heavy atom. The Labute approximate surface area is 104 Å². The van der Waals surface area contributed by atoms with Crippen molar-refractivity contribution < 1.29 is 10.3 Å². The maximum Gasteiger partial charge on any atom is 0.0405 e. The Morgan fingerprint density at radius 3 is 2.35 bits per heavy atom. The summed E-state index contributed by atoms with van der Waals surface area (Å²) in [6.07, 6.45) is 0. The molecule has 0 spiro atoms. The van der Waals surface area contributed by atoms with Gasteiger partial charge in [-0.2, -0.15) is 0 Å². The van der Waals surface area contributed by atoms with Gasteiger partial charge in [0.15, 0.2) is 0 Å². The summed E-state index contributed by atoms with van der Waals surface area (Å²) < 4.78 is 0. The van der Waals surface area contributed by atoms with Crippen LogP contribution in [0.3, 0.4) is 0 Å². The van der Waals surface area contributed by atoms with Gasteiger partial charge in [0.1, 0.15) is 0 Å². The molecule has 0 aliphatic rings. The first-order chi connectivity index (χ1) is 8.20. The van der Waals surface area contributed by atoms with Gasteiger partial charge in [-0.05, 0) is 17.7 Å². The fourth-order valence-electron chi connectivity index (χ4n) is 1.44. The number of benzene rings is 2. The molecule has 2 N–H and O–H groups in total. The van der Waals surface area contributed by atoms with E-state index in [2.05, 4.69) is 11.2 Å². The van der Waals surface area contributed by atoms with Crippen molar-refractivity contribution in [3.63, 3.8) is 0 Å². The highest BCUT2D eigenvalue weighted by molar-refractivity contribution is 6.30. The van der Waals surface area contributed by atoms with Gasteiger partial charge < -0.3 is 10.3 Å². The zero-order valence-electron chi connectivity index (χ0n) is 8.76. The number of hydrogen-bond donors (Lipinski definition) is 2. The van der Waals surface area contributed by atoms with Crippen LogP contribution in [0.4, 0.5) is 0 Å². The van der Waals surface area contributed by atoms with Gasteiger partial charge >= 0.3 is 0 Å². The number of phenols is 1. The Hall–Kier alpha value is -2.00. The molecule has 0 aliphatic carbocycles. The van der Waals surface area contributed by atoms with E-state index in [1.807, 2.05) is 0 Å². The number of nitrogens with zero attached hydrogens (tertiary/aromatic N) is 1. The highest BCUT2D eigenvalue weighted by Gasteiger charge is 2.00. The average molecular weight is 247 g/mol. The van der Waals surface area contributed by atoms with Gasteiger partial charge in [0.25, 0.3) is 0 Å². The fourth-order valence-corrected chi connectivity index (χ4v) is 1.56. The van der Waals surface area contributed by atoms with Crippen LogP contribution in [-0.2, 0) is 0 Å². The summed E-state index contributed by atoms with van der Waals surface area (Å²) in [5, 5.41) is 22.1. The quantitative estimate of drug-likeness (QED) is 0.370. The summed E-state index contributed by atoms with van der Waals surface area (Å²) in [5.74, 6) is 0.113. The molecule has 0 amide bonds. The van der Waals surface area contributed by atoms with Crippen molar-refractivity contribution in [1.82, 2.24) is 0 Å². The summed E-state index contributed by atoms with van der Waals surface area (Å²) in [4.78, 5) is 0. The molecule has 86 valence electrons. The molecule has 0 aliphatic heterocycles. The van der Waals surface area contributed by atoms with Crippen LogP contribution in [0.2, 0.25) is 5.02 Å². The minimum atomic E-state index is 0.113. The first-order valence-corrected chi connectivity index (χ1v) is 5.27. The first kappa shape index (κ1) is 11.5. The van der Waals surface area contributed by atoms with Gasteiger partial charge in [-0.15, -0.1) is 35.0 Å². The van der Waals surface area contributed by atoms with Crippen LogP contribution < -0.4 is 0 Å². The van der Waals surface area contributed by atoms with Crippen LogP contribution >= 0.6 is 11.6 Å². The molecule has 0 unspecified atom stereocenters. The lowest BCUT2D eigenvalue weighted by Crippen LogP contribution is -2.02. The molecule has 2 aromatic carbocycles. The highest BCUT2D eigenvalue weighted by atomic mass is 35.5. The van der Waals surface area contributed by atoms with E-state index < -0.39 is 0 Å². The third kappa shape index (κ3) is 2.57. The van der Waals surface area contributed by atoms with Crippen LogP contribution in [0.15, 0.2) is 47.6 Å². The second-order valence-corrected chi connectivity index (χ2v) is 3.85. The smallest absolute Gasteiger partial charge is 0.0405 e. The predicted molar refractivity (Wildman–Crippen MR) is 65.8 cm³/mol. The molecule has 0 fully saturated rings. The van der Waals surface area contributed by atoms with E-state index in [0.29, 0.717) is 16.3 Å². The average Bonchev–Trinajstić information content (AvgIpc) is 2.35. The molecule has 17 heavy (non-hydrogen) atoms. The molecule has 0 aromatic heterocycles. The van der Waals surface area contributed by atoms with Crippen molar-refractivity contribution in [1.29, 1.82) is 0 Å². The van der Waals surface area contributed by atoms with Crippen molar-refractivity contribution in [3.05, 3.63) is 64.7 Å². The fraction of sp³-hybridized carbons (Fsp3) is 0. The summed E-state index contributed by atoms with van der Waals surface area (Å²) in [6.45, 7) is 0. The van der Waals surface area contributed by atoms with Gasteiger partial charge in [-0.3, -0.25) is 0 Å². The van der Waals surface area contributed by atoms with Crippen molar-refractivity contribution in [2.75, 3.05) is 0 Å². The second kappa shape index (κ2) is 4.89. The lowest BCUT2D eigenvalue weighted by atomic mass is 10.0. The highest BCUT2D eigenvalue weighted by Crippen LogP contribution is 2.16. The van der Waals surface area contributed by atoms with Crippen LogP contribution in [0.1, 0.15) is 11.1 Å². The Balaban J connectivity index is 2.41. The summed E-state index contributed by atoms with van der Waals surface area (Å²) in [7, 11) is 0. The standard InChI is InChI=1S/C13H9ClNO2/c14-11-5-1-9(2-6-11)13(15-17)10-3-7-12(16)8-4-10/h1-3,5-8,16-17H/q-1/b15-13-. The second-order valence-electron chi connectivity index (χ2n) is 3.42. The third-order valence-corrected chi connectivity index (χ3v) is 2.52. The van der Waals surface area contributed by atoms with E-state index in [0.717, 1.165) is 5.56 Å². The first-order valence-electron chi connectivity index (χ1n) is 4.90. The molecule has 2 aromatic rings. The summed E-state index contributed by atoms with van der Waals surface area (Å²) in [6, 6.07) is 14.3. The minimum absolute atomic E-state index is 0.113. The van der Waals surface area contributed by atoms with Gasteiger partial charge in [0.05, 0.1) is 0 Å². The number of halogens is 1. The van der Waals surface area contributed by atoms with Crippen LogP contribution in [0.25, 0.3) is 0 Å². The maximum atomic E-state index is 9.17. The van der Waals surface area contributed by atoms with E-state index in [1.54, 1.807) is 30.3 Å². The third-order valence-electron chi connectivity index (χ3n) is 2.27. The van der Waals surface area contributed by atoms with E-state index in [9.17, 15) is 0 Å². The monoisotopic (exact) mass is 246 g/mol. The van der Waals surface area contributed by atoms with E-state index in [4.69, 9.17) is 21.9 Å². The SMILES string of the molecule is O/N=C(\c1[c-]cc(O)cc1)c1ccc(Cl)cc1. The predicted octanol–water partition coefficient (Wildman–Crippen LogP) is 3.07. The molecule has 4 heteroatoms. The zero-order valence-corrected chi connectivity index (χ0v) is 9.52. The molecule has 0 atom stereocenters.